The smallest absolute Gasteiger partial charge is 0.224 e. The van der Waals surface area contributed by atoms with Gasteiger partial charge in [-0.2, -0.15) is 0 Å². The van der Waals surface area contributed by atoms with Crippen molar-refractivity contribution in [1.29, 1.82) is 0 Å². The zero-order valence-corrected chi connectivity index (χ0v) is 19.5. The standard InChI is InChI=1S/C28H33N3O2/c1-20-7-11-26(24-10-12-27(32)30-28(20)24)33-18-4-15-31-16-13-21(14-17-31)19-23-9-8-22-5-2-3-6-25(22)29-23/h2-3,5-9,11,21H,4,10,12-19H2,1H3,(H,30,32). The monoisotopic (exact) mass is 443 g/mol. The van der Waals surface area contributed by atoms with Crippen LogP contribution in [0, 0.1) is 12.8 Å². The van der Waals surface area contributed by atoms with Gasteiger partial charge in [-0.05, 0) is 81.8 Å². The average Bonchev–Trinajstić information content (AvgIpc) is 2.84. The number of likely N-dealkylation sites (tertiary alicyclic amines) is 1. The van der Waals surface area contributed by atoms with Crippen LogP contribution in [0.1, 0.15) is 42.5 Å². The van der Waals surface area contributed by atoms with Crippen LogP contribution >= 0.6 is 0 Å². The summed E-state index contributed by atoms with van der Waals surface area (Å²) in [5, 5.41) is 4.23. The summed E-state index contributed by atoms with van der Waals surface area (Å²) in [6, 6.07) is 16.8. The second kappa shape index (κ2) is 9.92. The fourth-order valence-corrected chi connectivity index (χ4v) is 5.15. The predicted octanol–water partition coefficient (Wildman–Crippen LogP) is 5.15. The van der Waals surface area contributed by atoms with Crippen molar-refractivity contribution in [1.82, 2.24) is 9.88 Å². The number of aromatic nitrogens is 1. The highest BCUT2D eigenvalue weighted by Gasteiger charge is 2.21. The number of ether oxygens (including phenoxy) is 1. The molecule has 172 valence electrons. The Balaban J connectivity index is 1.06. The van der Waals surface area contributed by atoms with Gasteiger partial charge in [0, 0.05) is 29.6 Å². The van der Waals surface area contributed by atoms with E-state index in [2.05, 4.69) is 52.7 Å². The molecule has 0 aliphatic carbocycles. The minimum atomic E-state index is 0.0996. The van der Waals surface area contributed by atoms with Gasteiger partial charge in [-0.25, -0.2) is 0 Å². The third kappa shape index (κ3) is 5.19. The predicted molar refractivity (Wildman–Crippen MR) is 133 cm³/mol. The van der Waals surface area contributed by atoms with Crippen LogP contribution in [0.15, 0.2) is 48.5 Å². The number of benzene rings is 2. The maximum atomic E-state index is 11.7. The van der Waals surface area contributed by atoms with E-state index in [0.717, 1.165) is 72.9 Å². The molecule has 5 nitrogen and oxygen atoms in total. The maximum absolute atomic E-state index is 11.7. The van der Waals surface area contributed by atoms with E-state index in [1.54, 1.807) is 0 Å². The van der Waals surface area contributed by atoms with Crippen LogP contribution < -0.4 is 10.1 Å². The summed E-state index contributed by atoms with van der Waals surface area (Å²) in [6.45, 7) is 6.14. The molecule has 0 radical (unpaired) electrons. The number of nitrogens with zero attached hydrogens (tertiary/aromatic N) is 2. The lowest BCUT2D eigenvalue weighted by atomic mass is 9.91. The number of carbonyl (C=O) groups is 1. The number of nitrogens with one attached hydrogen (secondary N) is 1. The average molecular weight is 444 g/mol. The SMILES string of the molecule is Cc1ccc(OCCCN2CCC(Cc3ccc4ccccc4n3)CC2)c2c1NC(=O)CC2. The molecule has 2 aliphatic heterocycles. The summed E-state index contributed by atoms with van der Waals surface area (Å²) in [4.78, 5) is 19.2. The second-order valence-corrected chi connectivity index (χ2v) is 9.47. The number of hydrogen-bond acceptors (Lipinski definition) is 4. The number of carbonyl (C=O) groups excluding carboxylic acids is 1. The molecule has 1 saturated heterocycles. The van der Waals surface area contributed by atoms with Crippen LogP contribution in [0.25, 0.3) is 10.9 Å². The maximum Gasteiger partial charge on any atom is 0.224 e. The zero-order chi connectivity index (χ0) is 22.6. The van der Waals surface area contributed by atoms with Crippen molar-refractivity contribution in [2.45, 2.75) is 45.4 Å². The number of pyridine rings is 1. The van der Waals surface area contributed by atoms with E-state index in [1.165, 1.54) is 23.9 Å². The number of amides is 1. The van der Waals surface area contributed by atoms with Gasteiger partial charge in [0.05, 0.1) is 17.8 Å². The Morgan fingerprint density at radius 3 is 2.79 bits per heavy atom. The fraction of sp³-hybridized carbons (Fsp3) is 0.429. The Morgan fingerprint density at radius 2 is 1.91 bits per heavy atom. The van der Waals surface area contributed by atoms with E-state index < -0.39 is 0 Å². The molecule has 0 saturated carbocycles. The summed E-state index contributed by atoms with van der Waals surface area (Å²) in [6.07, 6.45) is 5.87. The first-order valence-electron chi connectivity index (χ1n) is 12.3. The highest BCUT2D eigenvalue weighted by molar-refractivity contribution is 5.95. The van der Waals surface area contributed by atoms with Crippen LogP contribution in [0.4, 0.5) is 5.69 Å². The summed E-state index contributed by atoms with van der Waals surface area (Å²) in [5.74, 6) is 1.75. The van der Waals surface area contributed by atoms with Crippen LogP contribution in [0.3, 0.4) is 0 Å². The minimum absolute atomic E-state index is 0.0996. The molecule has 2 aliphatic rings. The van der Waals surface area contributed by atoms with Gasteiger partial charge in [-0.1, -0.05) is 30.3 Å². The Bertz CT molecular complexity index is 1140. The van der Waals surface area contributed by atoms with Crippen molar-refractivity contribution in [2.75, 3.05) is 31.6 Å². The minimum Gasteiger partial charge on any atom is -0.493 e. The first-order valence-corrected chi connectivity index (χ1v) is 12.3. The molecule has 3 heterocycles. The van der Waals surface area contributed by atoms with E-state index in [0.29, 0.717) is 13.0 Å². The number of rotatable bonds is 7. The van der Waals surface area contributed by atoms with Gasteiger partial charge >= 0.3 is 0 Å². The lowest BCUT2D eigenvalue weighted by Crippen LogP contribution is -2.35. The molecule has 0 atom stereocenters. The fourth-order valence-electron chi connectivity index (χ4n) is 5.15. The number of aryl methyl sites for hydroxylation is 1. The normalized spacial score (nSPS) is 17.1. The highest BCUT2D eigenvalue weighted by atomic mass is 16.5. The summed E-state index contributed by atoms with van der Waals surface area (Å²) in [5.41, 5.74) is 5.53. The molecule has 0 spiro atoms. The Labute approximate surface area is 196 Å². The summed E-state index contributed by atoms with van der Waals surface area (Å²) in [7, 11) is 0. The molecule has 5 rings (SSSR count). The first kappa shape index (κ1) is 21.9. The zero-order valence-electron chi connectivity index (χ0n) is 19.5. The molecule has 33 heavy (non-hydrogen) atoms. The molecule has 1 N–H and O–H groups in total. The van der Waals surface area contributed by atoms with Gasteiger partial charge in [0.15, 0.2) is 0 Å². The van der Waals surface area contributed by atoms with Crippen LogP contribution in [-0.4, -0.2) is 42.0 Å². The van der Waals surface area contributed by atoms with E-state index in [-0.39, 0.29) is 5.91 Å². The molecule has 1 amide bonds. The summed E-state index contributed by atoms with van der Waals surface area (Å²) >= 11 is 0. The van der Waals surface area contributed by atoms with Gasteiger partial charge in [0.2, 0.25) is 5.91 Å². The third-order valence-electron chi connectivity index (χ3n) is 7.08. The number of hydrogen-bond donors (Lipinski definition) is 1. The molecule has 3 aromatic rings. The second-order valence-electron chi connectivity index (χ2n) is 9.47. The van der Waals surface area contributed by atoms with Crippen molar-refractivity contribution >= 4 is 22.5 Å². The van der Waals surface area contributed by atoms with Crippen molar-refractivity contribution < 1.29 is 9.53 Å². The van der Waals surface area contributed by atoms with E-state index in [9.17, 15) is 4.79 Å². The molecule has 0 unspecified atom stereocenters. The molecule has 1 aromatic heterocycles. The van der Waals surface area contributed by atoms with E-state index >= 15 is 0 Å². The number of para-hydroxylation sites is 1. The van der Waals surface area contributed by atoms with Gasteiger partial charge in [-0.15, -0.1) is 0 Å². The lowest BCUT2D eigenvalue weighted by Gasteiger charge is -2.32. The van der Waals surface area contributed by atoms with Crippen molar-refractivity contribution in [3.05, 3.63) is 65.4 Å². The largest absolute Gasteiger partial charge is 0.493 e. The van der Waals surface area contributed by atoms with Crippen molar-refractivity contribution in [2.24, 2.45) is 5.92 Å². The van der Waals surface area contributed by atoms with Gasteiger partial charge < -0.3 is 15.0 Å². The Kier molecular flexibility index (Phi) is 6.58. The van der Waals surface area contributed by atoms with Crippen LogP contribution in [0.5, 0.6) is 5.75 Å². The van der Waals surface area contributed by atoms with Gasteiger partial charge in [0.1, 0.15) is 5.75 Å². The Morgan fingerprint density at radius 1 is 1.06 bits per heavy atom. The van der Waals surface area contributed by atoms with E-state index in [1.807, 2.05) is 13.0 Å². The van der Waals surface area contributed by atoms with Crippen molar-refractivity contribution in [3.63, 3.8) is 0 Å². The van der Waals surface area contributed by atoms with Gasteiger partial charge in [-0.3, -0.25) is 9.78 Å². The van der Waals surface area contributed by atoms with E-state index in [4.69, 9.17) is 9.72 Å². The Hall–Kier alpha value is -2.92. The highest BCUT2D eigenvalue weighted by Crippen LogP contribution is 2.34. The van der Waals surface area contributed by atoms with Crippen LogP contribution in [0.2, 0.25) is 0 Å². The molecular formula is C28H33N3O2. The van der Waals surface area contributed by atoms with Crippen LogP contribution in [-0.2, 0) is 17.6 Å². The summed E-state index contributed by atoms with van der Waals surface area (Å²) < 4.78 is 6.13. The molecule has 1 fully saturated rings. The quantitative estimate of drug-likeness (QED) is 0.513. The first-order chi connectivity index (χ1) is 16.2. The molecule has 5 heteroatoms. The topological polar surface area (TPSA) is 54.5 Å². The molecular weight excluding hydrogens is 410 g/mol. The lowest BCUT2D eigenvalue weighted by molar-refractivity contribution is -0.116. The number of fused-ring (bicyclic) bond motifs is 2. The molecule has 2 aromatic carbocycles. The number of anilines is 1. The van der Waals surface area contributed by atoms with Crippen molar-refractivity contribution in [3.8, 4) is 5.75 Å². The number of piperidine rings is 1. The third-order valence-corrected chi connectivity index (χ3v) is 7.08. The molecule has 0 bridgehead atoms. The van der Waals surface area contributed by atoms with Gasteiger partial charge in [0.25, 0.3) is 0 Å².